The number of carboxylic acid groups (broad SMARTS) is 1. The fourth-order valence-corrected chi connectivity index (χ4v) is 1.43. The molecule has 6 heteroatoms. The zero-order chi connectivity index (χ0) is 12.8. The molecule has 1 aromatic rings. The number of carbonyl (C=O) groups excluding carboxylic acids is 1. The van der Waals surface area contributed by atoms with Gasteiger partial charge in [-0.2, -0.15) is 0 Å². The van der Waals surface area contributed by atoms with Gasteiger partial charge in [0.15, 0.2) is 5.69 Å². The molecule has 6 nitrogen and oxygen atoms in total. The van der Waals surface area contributed by atoms with Gasteiger partial charge in [0.1, 0.15) is 6.54 Å². The Hall–Kier alpha value is -2.11. The van der Waals surface area contributed by atoms with Crippen molar-refractivity contribution >= 4 is 17.6 Å². The van der Waals surface area contributed by atoms with Gasteiger partial charge in [0.25, 0.3) is 5.91 Å². The predicted octanol–water partition coefficient (Wildman–Crippen LogP) is 0.601. The van der Waals surface area contributed by atoms with Crippen LogP contribution in [-0.4, -0.2) is 40.0 Å². The topological polar surface area (TPSA) is 96.5 Å². The number of hydrogen-bond acceptors (Lipinski definition) is 4. The lowest BCUT2D eigenvalue weighted by molar-refractivity contribution is -0.137. The quantitative estimate of drug-likeness (QED) is 0.781. The van der Waals surface area contributed by atoms with E-state index in [-0.39, 0.29) is 17.9 Å². The summed E-state index contributed by atoms with van der Waals surface area (Å²) in [6.07, 6.45) is 2.13. The van der Waals surface area contributed by atoms with Gasteiger partial charge in [-0.1, -0.05) is 6.92 Å². The van der Waals surface area contributed by atoms with E-state index in [1.54, 1.807) is 12.1 Å². The Balaban J connectivity index is 2.91. The van der Waals surface area contributed by atoms with Crippen molar-refractivity contribution in [3.8, 4) is 0 Å². The van der Waals surface area contributed by atoms with E-state index in [0.717, 1.165) is 0 Å². The number of nitrogen functional groups attached to an aromatic ring is 1. The molecular weight excluding hydrogens is 222 g/mol. The van der Waals surface area contributed by atoms with Gasteiger partial charge in [-0.25, -0.2) is 4.98 Å². The third kappa shape index (κ3) is 3.44. The molecule has 0 saturated heterocycles. The molecule has 0 spiro atoms. The van der Waals surface area contributed by atoms with Gasteiger partial charge in [0.2, 0.25) is 0 Å². The molecule has 1 heterocycles. The molecule has 1 aromatic heterocycles. The van der Waals surface area contributed by atoms with Crippen molar-refractivity contribution in [2.24, 2.45) is 0 Å². The van der Waals surface area contributed by atoms with E-state index >= 15 is 0 Å². The maximum absolute atomic E-state index is 12.0. The molecule has 0 aliphatic carbocycles. The van der Waals surface area contributed by atoms with E-state index in [1.165, 1.54) is 11.1 Å². The van der Waals surface area contributed by atoms with Gasteiger partial charge in [0.05, 0.1) is 5.69 Å². The molecule has 0 radical (unpaired) electrons. The van der Waals surface area contributed by atoms with Crippen molar-refractivity contribution in [3.63, 3.8) is 0 Å². The average Bonchev–Trinajstić information content (AvgIpc) is 2.28. The van der Waals surface area contributed by atoms with Crippen molar-refractivity contribution in [2.45, 2.75) is 13.3 Å². The fourth-order valence-electron chi connectivity index (χ4n) is 1.43. The largest absolute Gasteiger partial charge is 0.480 e. The summed E-state index contributed by atoms with van der Waals surface area (Å²) in [5.41, 5.74) is 5.98. The highest BCUT2D eigenvalue weighted by Gasteiger charge is 2.20. The number of pyridine rings is 1. The first-order valence-electron chi connectivity index (χ1n) is 5.27. The molecule has 0 atom stereocenters. The molecule has 1 amide bonds. The van der Waals surface area contributed by atoms with Crippen molar-refractivity contribution in [1.82, 2.24) is 9.88 Å². The maximum atomic E-state index is 12.0. The first-order valence-corrected chi connectivity index (χ1v) is 5.27. The molecule has 0 saturated carbocycles. The van der Waals surface area contributed by atoms with Gasteiger partial charge < -0.3 is 15.7 Å². The zero-order valence-corrected chi connectivity index (χ0v) is 9.59. The number of anilines is 1. The monoisotopic (exact) mass is 237 g/mol. The van der Waals surface area contributed by atoms with Crippen molar-refractivity contribution in [1.29, 1.82) is 0 Å². The Morgan fingerprint density at radius 2 is 2.24 bits per heavy atom. The molecule has 0 aromatic carbocycles. The number of nitrogens with two attached hydrogens (primary N) is 1. The van der Waals surface area contributed by atoms with Crippen LogP contribution in [0.25, 0.3) is 0 Å². The minimum Gasteiger partial charge on any atom is -0.480 e. The smallest absolute Gasteiger partial charge is 0.323 e. The number of hydrogen-bond donors (Lipinski definition) is 2. The highest BCUT2D eigenvalue weighted by Crippen LogP contribution is 2.10. The Morgan fingerprint density at radius 1 is 1.53 bits per heavy atom. The summed E-state index contributed by atoms with van der Waals surface area (Å²) in [6, 6.07) is 3.18. The number of amides is 1. The summed E-state index contributed by atoms with van der Waals surface area (Å²) in [5.74, 6) is -1.51. The predicted molar refractivity (Wildman–Crippen MR) is 62.5 cm³/mol. The lowest BCUT2D eigenvalue weighted by Gasteiger charge is -2.19. The van der Waals surface area contributed by atoms with Crippen LogP contribution in [0, 0.1) is 0 Å². The molecule has 92 valence electrons. The highest BCUT2D eigenvalue weighted by atomic mass is 16.4. The van der Waals surface area contributed by atoms with Crippen molar-refractivity contribution in [2.75, 3.05) is 18.8 Å². The second-order valence-corrected chi connectivity index (χ2v) is 3.56. The normalized spacial score (nSPS) is 9.94. The van der Waals surface area contributed by atoms with Gasteiger partial charge in [0, 0.05) is 12.7 Å². The van der Waals surface area contributed by atoms with E-state index in [4.69, 9.17) is 10.8 Å². The fraction of sp³-hybridized carbons (Fsp3) is 0.364. The van der Waals surface area contributed by atoms with E-state index in [0.29, 0.717) is 13.0 Å². The highest BCUT2D eigenvalue weighted by molar-refractivity contribution is 5.98. The summed E-state index contributed by atoms with van der Waals surface area (Å²) in [7, 11) is 0. The minimum atomic E-state index is -1.05. The van der Waals surface area contributed by atoms with Gasteiger partial charge in [-0.15, -0.1) is 0 Å². The summed E-state index contributed by atoms with van der Waals surface area (Å²) in [6.45, 7) is 1.88. The second kappa shape index (κ2) is 5.83. The van der Waals surface area contributed by atoms with Crippen LogP contribution >= 0.6 is 0 Å². The van der Waals surface area contributed by atoms with Crippen molar-refractivity contribution < 1.29 is 14.7 Å². The third-order valence-electron chi connectivity index (χ3n) is 2.15. The molecule has 17 heavy (non-hydrogen) atoms. The molecule has 0 aliphatic heterocycles. The summed E-state index contributed by atoms with van der Waals surface area (Å²) >= 11 is 0. The molecular formula is C11H15N3O3. The van der Waals surface area contributed by atoms with Crippen LogP contribution in [0.5, 0.6) is 0 Å². The summed E-state index contributed by atoms with van der Waals surface area (Å²) < 4.78 is 0. The van der Waals surface area contributed by atoms with Crippen LogP contribution in [0.2, 0.25) is 0 Å². The molecule has 0 bridgehead atoms. The Labute approximate surface area is 99.1 Å². The minimum absolute atomic E-state index is 0.0993. The van der Waals surface area contributed by atoms with E-state index < -0.39 is 11.9 Å². The van der Waals surface area contributed by atoms with E-state index in [9.17, 15) is 9.59 Å². The lowest BCUT2D eigenvalue weighted by atomic mass is 10.2. The molecule has 3 N–H and O–H groups in total. The summed E-state index contributed by atoms with van der Waals surface area (Å²) in [5, 5.41) is 8.73. The third-order valence-corrected chi connectivity index (χ3v) is 2.15. The summed E-state index contributed by atoms with van der Waals surface area (Å²) in [4.78, 5) is 27.8. The van der Waals surface area contributed by atoms with Crippen LogP contribution in [0.1, 0.15) is 23.8 Å². The van der Waals surface area contributed by atoms with Crippen LogP contribution in [0.4, 0.5) is 5.69 Å². The standard InChI is InChI=1S/C11H15N3O3/c1-2-6-14(7-9(15)16)11(17)10-8(12)4-3-5-13-10/h3-5H,2,6-7,12H2,1H3,(H,15,16). The Bertz CT molecular complexity index is 420. The zero-order valence-electron chi connectivity index (χ0n) is 9.59. The van der Waals surface area contributed by atoms with E-state index in [2.05, 4.69) is 4.98 Å². The van der Waals surface area contributed by atoms with Crippen LogP contribution in [0.15, 0.2) is 18.3 Å². The number of aliphatic carboxylic acids is 1. The van der Waals surface area contributed by atoms with Gasteiger partial charge in [-0.3, -0.25) is 9.59 Å². The number of carbonyl (C=O) groups is 2. The molecule has 0 fully saturated rings. The second-order valence-electron chi connectivity index (χ2n) is 3.56. The number of rotatable bonds is 5. The number of aromatic nitrogens is 1. The van der Waals surface area contributed by atoms with Gasteiger partial charge >= 0.3 is 5.97 Å². The Morgan fingerprint density at radius 3 is 2.76 bits per heavy atom. The first kappa shape index (κ1) is 13.0. The van der Waals surface area contributed by atoms with Crippen LogP contribution in [-0.2, 0) is 4.79 Å². The lowest BCUT2D eigenvalue weighted by Crippen LogP contribution is -2.37. The van der Waals surface area contributed by atoms with Gasteiger partial charge in [-0.05, 0) is 18.6 Å². The molecule has 1 rings (SSSR count). The number of nitrogens with zero attached hydrogens (tertiary/aromatic N) is 2. The van der Waals surface area contributed by atoms with E-state index in [1.807, 2.05) is 6.92 Å². The SMILES string of the molecule is CCCN(CC(=O)O)C(=O)c1ncccc1N. The average molecular weight is 237 g/mol. The van der Waals surface area contributed by atoms with Crippen molar-refractivity contribution in [3.05, 3.63) is 24.0 Å². The van der Waals surface area contributed by atoms with Crippen LogP contribution in [0.3, 0.4) is 0 Å². The Kier molecular flexibility index (Phi) is 4.45. The molecule has 0 aliphatic rings. The maximum Gasteiger partial charge on any atom is 0.323 e. The first-order chi connectivity index (χ1) is 8.06. The van der Waals surface area contributed by atoms with Crippen LogP contribution < -0.4 is 5.73 Å². The number of carboxylic acids is 1. The molecule has 0 unspecified atom stereocenters.